The van der Waals surface area contributed by atoms with Gasteiger partial charge in [0.1, 0.15) is 17.2 Å². The molecule has 0 aliphatic carbocycles. The summed E-state index contributed by atoms with van der Waals surface area (Å²) in [5.41, 5.74) is 9.46. The predicted octanol–water partition coefficient (Wildman–Crippen LogP) is 16.6. The topological polar surface area (TPSA) is 27.7 Å². The van der Waals surface area contributed by atoms with Crippen molar-refractivity contribution in [3.05, 3.63) is 199 Å². The summed E-state index contributed by atoms with van der Waals surface area (Å²) in [6.07, 6.45) is 0. The molecule has 4 heteroatoms. The van der Waals surface area contributed by atoms with E-state index in [-0.39, 0.29) is 16.2 Å². The highest BCUT2D eigenvalue weighted by Gasteiger charge is 2.37. The summed E-state index contributed by atoms with van der Waals surface area (Å²) < 4.78 is 22.6. The summed E-state index contributed by atoms with van der Waals surface area (Å²) in [6.45, 7) is 20.4. The number of hydrogen-bond acceptors (Lipinski definition) is 3. The molecular formula is C60H57BO3. The minimum absolute atomic E-state index is 0.136. The molecule has 0 N–H and O–H groups in total. The molecule has 0 atom stereocenters. The SMILES string of the molecule is CC(C)(C)c1ccccc1-c1ccc2ccccc2c1OB(Oc1c(-c2ccccc2C(C)(C)C)ccc2ccccc12)Oc1c(-c2ccccc2C(C)(C)C)ccc2ccccc12. The van der Waals surface area contributed by atoms with E-state index < -0.39 is 7.32 Å². The Balaban J connectivity index is 1.33. The van der Waals surface area contributed by atoms with Gasteiger partial charge in [-0.1, -0.05) is 244 Å². The van der Waals surface area contributed by atoms with Gasteiger partial charge in [-0.15, -0.1) is 0 Å². The molecule has 318 valence electrons. The van der Waals surface area contributed by atoms with E-state index in [9.17, 15) is 0 Å². The molecule has 0 bridgehead atoms. The second kappa shape index (κ2) is 16.7. The summed E-state index contributed by atoms with van der Waals surface area (Å²) >= 11 is 0. The largest absolute Gasteiger partial charge is 0.864 e. The molecule has 0 aliphatic heterocycles. The molecule has 0 fully saturated rings. The minimum Gasteiger partial charge on any atom is -0.488 e. The Morgan fingerprint density at radius 2 is 0.516 bits per heavy atom. The molecule has 0 amide bonds. The Bertz CT molecular complexity index is 2820. The summed E-state index contributed by atoms with van der Waals surface area (Å²) in [5, 5.41) is 6.07. The van der Waals surface area contributed by atoms with Gasteiger partial charge in [0.15, 0.2) is 0 Å². The Labute approximate surface area is 379 Å². The van der Waals surface area contributed by atoms with Crippen molar-refractivity contribution in [2.45, 2.75) is 78.6 Å². The normalized spacial score (nSPS) is 12.1. The van der Waals surface area contributed by atoms with Gasteiger partial charge in [0.25, 0.3) is 0 Å². The van der Waals surface area contributed by atoms with Crippen molar-refractivity contribution < 1.29 is 14.0 Å². The van der Waals surface area contributed by atoms with E-state index in [4.69, 9.17) is 14.0 Å². The van der Waals surface area contributed by atoms with Crippen LogP contribution < -0.4 is 14.0 Å². The van der Waals surface area contributed by atoms with E-state index in [2.05, 4.69) is 244 Å². The van der Waals surface area contributed by atoms with Crippen molar-refractivity contribution in [2.24, 2.45) is 0 Å². The average Bonchev–Trinajstić information content (AvgIpc) is 3.28. The van der Waals surface area contributed by atoms with Crippen molar-refractivity contribution in [2.75, 3.05) is 0 Å². The zero-order valence-corrected chi connectivity index (χ0v) is 38.6. The third-order valence-corrected chi connectivity index (χ3v) is 12.4. The second-order valence-electron chi connectivity index (χ2n) is 20.0. The van der Waals surface area contributed by atoms with Gasteiger partial charge in [-0.3, -0.25) is 0 Å². The quantitative estimate of drug-likeness (QED) is 0.136. The summed E-state index contributed by atoms with van der Waals surface area (Å²) in [6, 6.07) is 64.3. The van der Waals surface area contributed by atoms with Crippen LogP contribution in [0.5, 0.6) is 17.2 Å². The fraction of sp³-hybridized carbons (Fsp3) is 0.200. The molecule has 0 unspecified atom stereocenters. The van der Waals surface area contributed by atoms with E-state index in [0.29, 0.717) is 17.2 Å². The Hall–Kier alpha value is -6.78. The van der Waals surface area contributed by atoms with Crippen LogP contribution in [0.2, 0.25) is 0 Å². The number of rotatable bonds is 9. The lowest BCUT2D eigenvalue weighted by Gasteiger charge is -2.28. The molecule has 9 aromatic rings. The van der Waals surface area contributed by atoms with Gasteiger partial charge in [0, 0.05) is 32.8 Å². The van der Waals surface area contributed by atoms with Gasteiger partial charge in [-0.05, 0) is 65.8 Å². The van der Waals surface area contributed by atoms with E-state index in [1.54, 1.807) is 0 Å². The highest BCUT2D eigenvalue weighted by molar-refractivity contribution is 6.41. The van der Waals surface area contributed by atoms with Gasteiger partial charge in [0.2, 0.25) is 0 Å². The third kappa shape index (κ3) is 8.26. The van der Waals surface area contributed by atoms with Crippen LogP contribution in [0.1, 0.15) is 79.0 Å². The molecule has 0 saturated heterocycles. The molecule has 0 radical (unpaired) electrons. The summed E-state index contributed by atoms with van der Waals surface area (Å²) in [5.74, 6) is 2.07. The number of fused-ring (bicyclic) bond motifs is 3. The van der Waals surface area contributed by atoms with Gasteiger partial charge in [0.05, 0.1) is 0 Å². The highest BCUT2D eigenvalue weighted by atomic mass is 16.7. The molecule has 9 rings (SSSR count). The van der Waals surface area contributed by atoms with Crippen LogP contribution in [0, 0.1) is 0 Å². The molecule has 3 nitrogen and oxygen atoms in total. The smallest absolute Gasteiger partial charge is 0.488 e. The maximum atomic E-state index is 7.52. The van der Waals surface area contributed by atoms with Crippen molar-refractivity contribution in [3.8, 4) is 50.6 Å². The lowest BCUT2D eigenvalue weighted by atomic mass is 9.81. The van der Waals surface area contributed by atoms with E-state index >= 15 is 0 Å². The van der Waals surface area contributed by atoms with Crippen LogP contribution in [-0.4, -0.2) is 7.32 Å². The second-order valence-corrected chi connectivity index (χ2v) is 20.0. The molecule has 0 aliphatic rings. The third-order valence-electron chi connectivity index (χ3n) is 12.4. The van der Waals surface area contributed by atoms with Crippen LogP contribution in [0.25, 0.3) is 65.7 Å². The fourth-order valence-electron chi connectivity index (χ4n) is 9.22. The Morgan fingerprint density at radius 3 is 0.797 bits per heavy atom. The van der Waals surface area contributed by atoms with Crippen molar-refractivity contribution in [1.82, 2.24) is 0 Å². The first-order chi connectivity index (χ1) is 30.7. The number of benzene rings is 9. The lowest BCUT2D eigenvalue weighted by Crippen LogP contribution is -2.37. The van der Waals surface area contributed by atoms with Crippen LogP contribution in [0.3, 0.4) is 0 Å². The summed E-state index contributed by atoms with van der Waals surface area (Å²) in [4.78, 5) is 0. The van der Waals surface area contributed by atoms with Crippen LogP contribution in [0.4, 0.5) is 0 Å². The van der Waals surface area contributed by atoms with Gasteiger partial charge < -0.3 is 14.0 Å². The van der Waals surface area contributed by atoms with Crippen LogP contribution in [-0.2, 0) is 16.2 Å². The fourth-order valence-corrected chi connectivity index (χ4v) is 9.22. The molecule has 0 spiro atoms. The van der Waals surface area contributed by atoms with Crippen LogP contribution >= 0.6 is 0 Å². The molecule has 0 aromatic heterocycles. The standard InChI is InChI=1S/C60H57BO3/c1-58(2,3)52-31-19-16-28-46(52)49-37-34-40-22-10-13-25-43(40)55(49)62-61(63-56-44-26-14-11-23-41(44)35-38-50(56)47-29-17-20-32-53(47)59(4,5)6)64-57-45-27-15-12-24-42(45)36-39-51(57)48-30-18-21-33-54(48)60(7,8)9/h10-39H,1-9H3. The molecule has 9 aromatic carbocycles. The van der Waals surface area contributed by atoms with Gasteiger partial charge in [-0.2, -0.15) is 0 Å². The molecule has 64 heavy (non-hydrogen) atoms. The van der Waals surface area contributed by atoms with Crippen molar-refractivity contribution in [3.63, 3.8) is 0 Å². The van der Waals surface area contributed by atoms with Gasteiger partial charge in [-0.25, -0.2) is 0 Å². The maximum absolute atomic E-state index is 7.52. The molecule has 0 heterocycles. The van der Waals surface area contributed by atoms with Gasteiger partial charge >= 0.3 is 7.32 Å². The first kappa shape index (κ1) is 42.5. The van der Waals surface area contributed by atoms with Crippen molar-refractivity contribution >= 4 is 39.6 Å². The highest BCUT2D eigenvalue weighted by Crippen LogP contribution is 2.47. The van der Waals surface area contributed by atoms with E-state index in [1.165, 1.54) is 16.7 Å². The maximum Gasteiger partial charge on any atom is 0.864 e. The first-order valence-corrected chi connectivity index (χ1v) is 22.5. The molecular weight excluding hydrogens is 779 g/mol. The zero-order chi connectivity index (χ0) is 44.8. The average molecular weight is 837 g/mol. The monoisotopic (exact) mass is 836 g/mol. The van der Waals surface area contributed by atoms with E-state index in [0.717, 1.165) is 65.7 Å². The van der Waals surface area contributed by atoms with E-state index in [1.807, 2.05) is 0 Å². The Kier molecular flexibility index (Phi) is 11.1. The zero-order valence-electron chi connectivity index (χ0n) is 38.6. The van der Waals surface area contributed by atoms with Crippen LogP contribution in [0.15, 0.2) is 182 Å². The minimum atomic E-state index is -1.26. The Morgan fingerprint density at radius 1 is 0.266 bits per heavy atom. The first-order valence-electron chi connectivity index (χ1n) is 22.5. The lowest BCUT2D eigenvalue weighted by molar-refractivity contribution is 0.313. The molecule has 0 saturated carbocycles. The number of hydrogen-bond donors (Lipinski definition) is 0. The van der Waals surface area contributed by atoms with Crippen molar-refractivity contribution in [1.29, 1.82) is 0 Å². The summed E-state index contributed by atoms with van der Waals surface area (Å²) in [7, 11) is -1.26. The predicted molar refractivity (Wildman–Crippen MR) is 272 cm³/mol.